The number of benzene rings is 3. The van der Waals surface area contributed by atoms with Crippen molar-refractivity contribution in [2.75, 3.05) is 19.1 Å². The van der Waals surface area contributed by atoms with E-state index in [1.54, 1.807) is 43.7 Å². The van der Waals surface area contributed by atoms with Gasteiger partial charge in [0.15, 0.2) is 11.6 Å². The molecule has 0 radical (unpaired) electrons. The molecule has 6 aromatic rings. The second-order valence-electron chi connectivity index (χ2n) is 9.70. The molecule has 0 spiro atoms. The Morgan fingerprint density at radius 3 is 2.71 bits per heavy atom. The molecule has 3 aromatic carbocycles. The van der Waals surface area contributed by atoms with Crippen LogP contribution in [0.5, 0.6) is 11.6 Å². The number of rotatable bonds is 5. The van der Waals surface area contributed by atoms with Gasteiger partial charge in [0, 0.05) is 35.5 Å². The molecule has 0 fully saturated rings. The van der Waals surface area contributed by atoms with E-state index in [0.717, 1.165) is 21.4 Å². The van der Waals surface area contributed by atoms with Crippen molar-refractivity contribution in [3.63, 3.8) is 0 Å². The van der Waals surface area contributed by atoms with Gasteiger partial charge in [-0.3, -0.25) is 4.90 Å². The molecule has 0 N–H and O–H groups in total. The molecule has 10 nitrogen and oxygen atoms in total. The van der Waals surface area contributed by atoms with Crippen molar-refractivity contribution < 1.29 is 27.8 Å². The first-order valence-electron chi connectivity index (χ1n) is 12.9. The van der Waals surface area contributed by atoms with Crippen molar-refractivity contribution in [1.82, 2.24) is 19.9 Å². The Hall–Kier alpha value is -5.10. The van der Waals surface area contributed by atoms with Gasteiger partial charge < -0.3 is 18.6 Å². The largest absolute Gasteiger partial charge is 0.480 e. The van der Waals surface area contributed by atoms with Crippen molar-refractivity contribution in [2.45, 2.75) is 19.6 Å². The Morgan fingerprint density at radius 2 is 1.95 bits per heavy atom. The molecular formula is C30H22FN5O5S. The van der Waals surface area contributed by atoms with Crippen LogP contribution in [0.15, 0.2) is 65.5 Å². The molecule has 1 aliphatic heterocycles. The number of carbonyl (C=O) groups excluding carboxylic acids is 1. The zero-order chi connectivity index (χ0) is 29.0. The summed E-state index contributed by atoms with van der Waals surface area (Å²) in [6.45, 7) is 1.96. The molecule has 210 valence electrons. The number of carbonyl (C=O) groups is 1. The molecule has 0 saturated carbocycles. The summed E-state index contributed by atoms with van der Waals surface area (Å²) in [7, 11) is 3.13. The van der Waals surface area contributed by atoms with E-state index in [1.807, 2.05) is 19.1 Å². The maximum absolute atomic E-state index is 15.2. The summed E-state index contributed by atoms with van der Waals surface area (Å²) in [5.74, 6) is 0.385. The number of aryl methyl sites for hydroxylation is 1. The van der Waals surface area contributed by atoms with E-state index in [2.05, 4.69) is 15.0 Å². The van der Waals surface area contributed by atoms with Crippen LogP contribution in [0.4, 0.5) is 14.9 Å². The van der Waals surface area contributed by atoms with E-state index in [4.69, 9.17) is 23.6 Å². The molecule has 0 aliphatic carbocycles. The first-order chi connectivity index (χ1) is 20.4. The van der Waals surface area contributed by atoms with Crippen LogP contribution in [0.2, 0.25) is 0 Å². The fourth-order valence-electron chi connectivity index (χ4n) is 4.91. The van der Waals surface area contributed by atoms with E-state index in [9.17, 15) is 4.79 Å². The summed E-state index contributed by atoms with van der Waals surface area (Å²) in [4.78, 5) is 32.2. The van der Waals surface area contributed by atoms with Gasteiger partial charge in [-0.1, -0.05) is 0 Å². The maximum Gasteiger partial charge on any atom is 0.417 e. The van der Waals surface area contributed by atoms with Gasteiger partial charge in [0.1, 0.15) is 11.3 Å². The van der Waals surface area contributed by atoms with E-state index in [1.165, 1.54) is 35.7 Å². The highest BCUT2D eigenvalue weighted by molar-refractivity contribution is 7.22. The Balaban J connectivity index is 1.14. The number of oxazole rings is 1. The molecule has 0 saturated heterocycles. The minimum absolute atomic E-state index is 0.0621. The highest BCUT2D eigenvalue weighted by Crippen LogP contribution is 2.43. The molecule has 42 heavy (non-hydrogen) atoms. The van der Waals surface area contributed by atoms with E-state index >= 15 is 4.39 Å². The number of halogens is 1. The highest BCUT2D eigenvalue weighted by atomic mass is 32.1. The van der Waals surface area contributed by atoms with E-state index in [-0.39, 0.29) is 12.2 Å². The zero-order valence-corrected chi connectivity index (χ0v) is 23.4. The van der Waals surface area contributed by atoms with Crippen LogP contribution in [0.1, 0.15) is 11.1 Å². The Kier molecular flexibility index (Phi) is 6.19. The highest BCUT2D eigenvalue weighted by Gasteiger charge is 2.33. The van der Waals surface area contributed by atoms with Crippen molar-refractivity contribution in [3.8, 4) is 33.7 Å². The lowest BCUT2D eigenvalue weighted by Crippen LogP contribution is -2.32. The SMILES string of the molecule is COc1cnc2c(-c3nc4cc(F)c5c(c4s3)C[C@@H](OC(=O)N(C)c3ccc(-c4ncco4)cc3)O5)cc(C)cc2n1. The lowest BCUT2D eigenvalue weighted by Gasteiger charge is -2.20. The number of ether oxygens (including phenoxy) is 3. The summed E-state index contributed by atoms with van der Waals surface area (Å²) in [5.41, 5.74) is 5.56. The quantitative estimate of drug-likeness (QED) is 0.223. The van der Waals surface area contributed by atoms with Crippen molar-refractivity contribution >= 4 is 44.4 Å². The van der Waals surface area contributed by atoms with Gasteiger partial charge in [0.05, 0.1) is 47.2 Å². The lowest BCUT2D eigenvalue weighted by molar-refractivity contribution is -0.0144. The third-order valence-electron chi connectivity index (χ3n) is 6.95. The van der Waals surface area contributed by atoms with E-state index in [0.29, 0.717) is 44.6 Å². The third-order valence-corrected chi connectivity index (χ3v) is 8.11. The van der Waals surface area contributed by atoms with Crippen LogP contribution in [0, 0.1) is 12.7 Å². The number of fused-ring (bicyclic) bond motifs is 4. The van der Waals surface area contributed by atoms with Crippen molar-refractivity contribution in [1.29, 1.82) is 0 Å². The number of hydrogen-bond donors (Lipinski definition) is 0. The van der Waals surface area contributed by atoms with Crippen molar-refractivity contribution in [2.24, 2.45) is 0 Å². The number of amides is 1. The number of thiazole rings is 1. The van der Waals surface area contributed by atoms with Gasteiger partial charge >= 0.3 is 6.09 Å². The van der Waals surface area contributed by atoms with Gasteiger partial charge in [-0.2, -0.15) is 0 Å². The minimum atomic E-state index is -0.995. The smallest absolute Gasteiger partial charge is 0.417 e. The predicted molar refractivity (Wildman–Crippen MR) is 154 cm³/mol. The average molecular weight is 584 g/mol. The first kappa shape index (κ1) is 25.8. The second kappa shape index (κ2) is 10.1. The first-order valence-corrected chi connectivity index (χ1v) is 13.7. The number of aromatic nitrogens is 4. The molecular weight excluding hydrogens is 561 g/mol. The molecule has 1 amide bonds. The van der Waals surface area contributed by atoms with Crippen LogP contribution in [0.25, 0.3) is 43.3 Å². The Morgan fingerprint density at radius 1 is 1.12 bits per heavy atom. The molecule has 0 unspecified atom stereocenters. The van der Waals surface area contributed by atoms with Crippen LogP contribution in [0.3, 0.4) is 0 Å². The average Bonchev–Trinajstić information content (AvgIpc) is 3.76. The molecule has 7 rings (SSSR count). The van der Waals surface area contributed by atoms with Gasteiger partial charge in [-0.05, 0) is 48.9 Å². The summed E-state index contributed by atoms with van der Waals surface area (Å²) in [5, 5.41) is 0.666. The van der Waals surface area contributed by atoms with Gasteiger partial charge in [0.2, 0.25) is 11.8 Å². The maximum atomic E-state index is 15.2. The molecule has 0 bridgehead atoms. The predicted octanol–water partition coefficient (Wildman–Crippen LogP) is 6.55. The van der Waals surface area contributed by atoms with Crippen LogP contribution in [-0.4, -0.2) is 46.5 Å². The summed E-state index contributed by atoms with van der Waals surface area (Å²) in [6.07, 6.45) is 3.16. The Labute approximate surface area is 242 Å². The summed E-state index contributed by atoms with van der Waals surface area (Å²) in [6, 6.07) is 12.3. The number of methoxy groups -OCH3 is 1. The lowest BCUT2D eigenvalue weighted by atomic mass is 10.1. The minimum Gasteiger partial charge on any atom is -0.480 e. The Bertz CT molecular complexity index is 1980. The number of hydrogen-bond acceptors (Lipinski definition) is 10. The van der Waals surface area contributed by atoms with Crippen molar-refractivity contribution in [3.05, 3.63) is 78.1 Å². The third kappa shape index (κ3) is 4.45. The fraction of sp³-hybridized carbons (Fsp3) is 0.167. The van der Waals surface area contributed by atoms with Crippen LogP contribution in [-0.2, 0) is 11.2 Å². The molecule has 1 atom stereocenters. The molecule has 12 heteroatoms. The topological polar surface area (TPSA) is 113 Å². The summed E-state index contributed by atoms with van der Waals surface area (Å²) < 4.78 is 37.9. The standard InChI is InChI=1S/C30H22FN5O5S/c1-15-10-18(25-21(11-15)34-23(38-3)14-33-25)29-35-22-13-20(31)26-19(27(22)42-29)12-24(40-26)41-30(37)36(2)17-6-4-16(5-7-17)28-32-8-9-39-28/h4-11,13-14,24H,12H2,1-3H3/t24-/m1/s1. The number of anilines is 1. The second-order valence-corrected chi connectivity index (χ2v) is 10.7. The number of nitrogens with zero attached hydrogens (tertiary/aromatic N) is 5. The fourth-order valence-corrected chi connectivity index (χ4v) is 6.02. The molecule has 4 heterocycles. The van der Waals surface area contributed by atoms with Gasteiger partial charge in [-0.15, -0.1) is 11.3 Å². The molecule has 1 aliphatic rings. The summed E-state index contributed by atoms with van der Waals surface area (Å²) >= 11 is 1.40. The zero-order valence-electron chi connectivity index (χ0n) is 22.6. The van der Waals surface area contributed by atoms with Gasteiger partial charge in [-0.25, -0.2) is 29.1 Å². The normalized spacial score (nSPS) is 14.1. The molecule has 3 aromatic heterocycles. The monoisotopic (exact) mass is 583 g/mol. The van der Waals surface area contributed by atoms with Crippen LogP contribution >= 0.6 is 11.3 Å². The van der Waals surface area contributed by atoms with Crippen LogP contribution < -0.4 is 14.4 Å². The van der Waals surface area contributed by atoms with E-state index < -0.39 is 18.2 Å². The van der Waals surface area contributed by atoms with Gasteiger partial charge in [0.25, 0.3) is 6.29 Å².